The van der Waals surface area contributed by atoms with Crippen molar-refractivity contribution < 1.29 is 8.83 Å². The third kappa shape index (κ3) is 4.90. The highest BCUT2D eigenvalue weighted by Gasteiger charge is 2.23. The first-order chi connectivity index (χ1) is 32.2. The summed E-state index contributed by atoms with van der Waals surface area (Å²) in [7, 11) is 0. The lowest BCUT2D eigenvalue weighted by Crippen LogP contribution is -1.97. The number of para-hydroxylation sites is 2. The van der Waals surface area contributed by atoms with Crippen LogP contribution in [0.1, 0.15) is 0 Å². The molecular weight excluding hydrogens is 791 g/mol. The topological polar surface area (TPSA) is 31.2 Å². The molecule has 0 amide bonds. The van der Waals surface area contributed by atoms with E-state index in [1.807, 2.05) is 0 Å². The van der Waals surface area contributed by atoms with Crippen LogP contribution in [-0.4, -0.2) is 4.57 Å². The van der Waals surface area contributed by atoms with Crippen LogP contribution in [0.3, 0.4) is 0 Å². The smallest absolute Gasteiger partial charge is 0.143 e. The summed E-state index contributed by atoms with van der Waals surface area (Å²) in [5.74, 6) is 0. The van der Waals surface area contributed by atoms with E-state index in [2.05, 4.69) is 217 Å². The summed E-state index contributed by atoms with van der Waals surface area (Å²) in [5, 5.41) is 16.9. The molecule has 15 rings (SSSR count). The van der Waals surface area contributed by atoms with E-state index in [1.54, 1.807) is 0 Å². The van der Waals surface area contributed by atoms with E-state index in [0.717, 1.165) is 71.9 Å². The van der Waals surface area contributed by atoms with E-state index in [4.69, 9.17) is 8.83 Å². The highest BCUT2D eigenvalue weighted by Crippen LogP contribution is 2.47. The predicted octanol–water partition coefficient (Wildman–Crippen LogP) is 17.6. The summed E-state index contributed by atoms with van der Waals surface area (Å²) in [6, 6.07) is 77.3. The molecule has 0 aliphatic heterocycles. The van der Waals surface area contributed by atoms with Gasteiger partial charge in [0.05, 0.1) is 16.7 Å². The fourth-order valence-electron chi connectivity index (χ4n) is 11.2. The molecule has 300 valence electrons. The minimum atomic E-state index is 0.876. The Kier molecular flexibility index (Phi) is 6.95. The molecule has 15 aromatic rings. The van der Waals surface area contributed by atoms with Crippen molar-refractivity contribution in [1.29, 1.82) is 0 Å². The van der Waals surface area contributed by atoms with Crippen molar-refractivity contribution in [2.45, 2.75) is 0 Å². The molecule has 3 heteroatoms. The zero-order valence-corrected chi connectivity index (χ0v) is 35.0. The summed E-state index contributed by atoms with van der Waals surface area (Å²) >= 11 is 0. The van der Waals surface area contributed by atoms with Gasteiger partial charge >= 0.3 is 0 Å². The molecule has 3 heterocycles. The second-order valence-electron chi connectivity index (χ2n) is 17.5. The number of furan rings is 2. The molecule has 0 spiro atoms. The number of hydrogen-bond acceptors (Lipinski definition) is 2. The number of nitrogens with zero attached hydrogens (tertiary/aromatic N) is 1. The van der Waals surface area contributed by atoms with Gasteiger partial charge in [-0.1, -0.05) is 152 Å². The zero-order chi connectivity index (χ0) is 42.3. The van der Waals surface area contributed by atoms with Gasteiger partial charge in [-0.3, -0.25) is 0 Å². The Morgan fingerprint density at radius 2 is 0.969 bits per heavy atom. The first-order valence-corrected chi connectivity index (χ1v) is 22.3. The van der Waals surface area contributed by atoms with Crippen LogP contribution in [0, 0.1) is 0 Å². The van der Waals surface area contributed by atoms with Gasteiger partial charge in [0.2, 0.25) is 0 Å². The molecule has 0 saturated heterocycles. The van der Waals surface area contributed by atoms with Gasteiger partial charge in [-0.2, -0.15) is 0 Å². The monoisotopic (exact) mass is 825 g/mol. The van der Waals surface area contributed by atoms with Crippen LogP contribution in [-0.2, 0) is 0 Å². The van der Waals surface area contributed by atoms with Crippen LogP contribution in [0.15, 0.2) is 221 Å². The Morgan fingerprint density at radius 1 is 0.277 bits per heavy atom. The first kappa shape index (κ1) is 34.9. The van der Waals surface area contributed by atoms with Crippen molar-refractivity contribution in [3.8, 4) is 39.1 Å². The van der Waals surface area contributed by atoms with Gasteiger partial charge in [0, 0.05) is 48.7 Å². The highest BCUT2D eigenvalue weighted by atomic mass is 16.3. The van der Waals surface area contributed by atoms with Gasteiger partial charge in [-0.15, -0.1) is 0 Å². The maximum Gasteiger partial charge on any atom is 0.143 e. The summed E-state index contributed by atoms with van der Waals surface area (Å²) in [6.45, 7) is 0. The Bertz CT molecular complexity index is 4460. The van der Waals surface area contributed by atoms with Gasteiger partial charge in [0.15, 0.2) is 0 Å². The lowest BCUT2D eigenvalue weighted by molar-refractivity contribution is 0.669. The molecule has 0 unspecified atom stereocenters. The summed E-state index contributed by atoms with van der Waals surface area (Å²) in [6.07, 6.45) is 0. The van der Waals surface area contributed by atoms with Crippen molar-refractivity contribution in [3.63, 3.8) is 0 Å². The summed E-state index contributed by atoms with van der Waals surface area (Å²) < 4.78 is 15.9. The van der Waals surface area contributed by atoms with Crippen LogP contribution in [0.4, 0.5) is 0 Å². The quantitative estimate of drug-likeness (QED) is 0.166. The molecule has 0 atom stereocenters. The lowest BCUT2D eigenvalue weighted by atomic mass is 9.91. The second-order valence-corrected chi connectivity index (χ2v) is 17.5. The van der Waals surface area contributed by atoms with E-state index in [9.17, 15) is 0 Å². The minimum Gasteiger partial charge on any atom is -0.456 e. The molecule has 12 aromatic carbocycles. The van der Waals surface area contributed by atoms with Crippen LogP contribution in [0.25, 0.3) is 148 Å². The average molecular weight is 826 g/mol. The SMILES string of the molecule is c1ccc(-c2cc(-c3cccc4ccccc34)cc3c2oc2ccc(-c4ccc5c(c4)c4ccccc4n5-c4cc5cccc6ccc7c8c(cc4c7c65)oc4ccccc48)cc23)cc1. The maximum absolute atomic E-state index is 6.80. The lowest BCUT2D eigenvalue weighted by Gasteiger charge is -2.17. The number of fused-ring (bicyclic) bond motifs is 11. The van der Waals surface area contributed by atoms with Gasteiger partial charge in [0.1, 0.15) is 22.3 Å². The van der Waals surface area contributed by atoms with Crippen molar-refractivity contribution in [2.24, 2.45) is 0 Å². The Hall–Kier alpha value is -8.66. The van der Waals surface area contributed by atoms with Gasteiger partial charge < -0.3 is 13.4 Å². The molecular formula is C62H35NO2. The van der Waals surface area contributed by atoms with Crippen molar-refractivity contribution in [2.75, 3.05) is 0 Å². The van der Waals surface area contributed by atoms with E-state index in [1.165, 1.54) is 75.9 Å². The molecule has 0 radical (unpaired) electrons. The van der Waals surface area contributed by atoms with Crippen LogP contribution in [0.2, 0.25) is 0 Å². The molecule has 0 bridgehead atoms. The molecule has 0 N–H and O–H groups in total. The Labute approximate surface area is 371 Å². The zero-order valence-electron chi connectivity index (χ0n) is 35.0. The van der Waals surface area contributed by atoms with Crippen molar-refractivity contribution in [1.82, 2.24) is 4.57 Å². The third-order valence-electron chi connectivity index (χ3n) is 14.1. The van der Waals surface area contributed by atoms with Crippen LogP contribution in [0.5, 0.6) is 0 Å². The van der Waals surface area contributed by atoms with E-state index < -0.39 is 0 Å². The van der Waals surface area contributed by atoms with Gasteiger partial charge in [-0.05, 0) is 121 Å². The fourth-order valence-corrected chi connectivity index (χ4v) is 11.2. The predicted molar refractivity (Wildman–Crippen MR) is 273 cm³/mol. The van der Waals surface area contributed by atoms with E-state index in [0.29, 0.717) is 0 Å². The molecule has 3 aromatic heterocycles. The van der Waals surface area contributed by atoms with Crippen LogP contribution >= 0.6 is 0 Å². The highest BCUT2D eigenvalue weighted by molar-refractivity contribution is 6.34. The molecule has 0 aliphatic rings. The number of hydrogen-bond donors (Lipinski definition) is 0. The summed E-state index contributed by atoms with van der Waals surface area (Å²) in [4.78, 5) is 0. The second kappa shape index (κ2) is 12.9. The van der Waals surface area contributed by atoms with E-state index in [-0.39, 0.29) is 0 Å². The van der Waals surface area contributed by atoms with Gasteiger partial charge in [-0.25, -0.2) is 0 Å². The molecule has 0 fully saturated rings. The fraction of sp³-hybridized carbons (Fsp3) is 0. The van der Waals surface area contributed by atoms with E-state index >= 15 is 0 Å². The van der Waals surface area contributed by atoms with Crippen molar-refractivity contribution >= 4 is 109 Å². The molecule has 65 heavy (non-hydrogen) atoms. The maximum atomic E-state index is 6.80. The minimum absolute atomic E-state index is 0.876. The molecule has 3 nitrogen and oxygen atoms in total. The summed E-state index contributed by atoms with van der Waals surface area (Å²) in [5.41, 5.74) is 14.0. The third-order valence-corrected chi connectivity index (χ3v) is 14.1. The number of aromatic nitrogens is 1. The average Bonchev–Trinajstić information content (AvgIpc) is 4.04. The van der Waals surface area contributed by atoms with Crippen molar-refractivity contribution in [3.05, 3.63) is 212 Å². The Balaban J connectivity index is 0.958. The molecule has 0 aliphatic carbocycles. The normalized spacial score (nSPS) is 12.3. The number of rotatable bonds is 4. The molecule has 0 saturated carbocycles. The standard InChI is InChI=1S/C62H35NO2/c1-2-12-37(13-3-1)48-32-42(44-21-11-15-36-14-4-5-18-43(36)44)33-51-50-31-40(26-29-57(50)65-62(48)51)39-25-28-54-49(30-39)45-19-6-8-22-53(45)63(54)55-34-41-17-10-16-38-24-27-47-60-46-20-7-9-23-56(46)64-58(60)35-52(55)61(47)59(38)41/h1-35H. The largest absolute Gasteiger partial charge is 0.456 e. The Morgan fingerprint density at radius 3 is 1.89 bits per heavy atom. The number of benzene rings is 12. The van der Waals surface area contributed by atoms with Crippen LogP contribution < -0.4 is 0 Å². The van der Waals surface area contributed by atoms with Gasteiger partial charge in [0.25, 0.3) is 0 Å². The first-order valence-electron chi connectivity index (χ1n) is 22.3.